The summed E-state index contributed by atoms with van der Waals surface area (Å²) in [5, 5.41) is 14.3. The van der Waals surface area contributed by atoms with Crippen LogP contribution >= 0.6 is 0 Å². The Bertz CT molecular complexity index is 764. The van der Waals surface area contributed by atoms with Gasteiger partial charge < -0.3 is 20.5 Å². The molecule has 162 valence electrons. The average molecular weight is 415 g/mol. The standard InChI is InChI=1S/C23H30N2O5/c26-21(15-25-23(29)16-8-4-3-5-9-16)24-14-18-17(19-12-13-20(18)30-19)10-6-1-2-7-11-22(27)28/h1,3-6,8-9,17-20H,2,7,10-15H2,(H,24,26)(H,25,29)(H,27,28)/t17-,18+,19-,20+/m1/s1. The number of nitrogens with one attached hydrogen (secondary N) is 2. The van der Waals surface area contributed by atoms with E-state index in [2.05, 4.69) is 16.7 Å². The summed E-state index contributed by atoms with van der Waals surface area (Å²) < 4.78 is 6.06. The lowest BCUT2D eigenvalue weighted by molar-refractivity contribution is -0.137. The minimum Gasteiger partial charge on any atom is -0.481 e. The number of hydrogen-bond donors (Lipinski definition) is 3. The fourth-order valence-electron chi connectivity index (χ4n) is 4.37. The second kappa shape index (κ2) is 10.9. The van der Waals surface area contributed by atoms with Crippen molar-refractivity contribution in [2.24, 2.45) is 11.8 Å². The van der Waals surface area contributed by atoms with E-state index in [9.17, 15) is 14.4 Å². The van der Waals surface area contributed by atoms with Gasteiger partial charge in [-0.1, -0.05) is 30.4 Å². The molecule has 1 aromatic rings. The summed E-state index contributed by atoms with van der Waals surface area (Å²) in [6.07, 6.45) is 9.13. The van der Waals surface area contributed by atoms with Crippen LogP contribution in [-0.4, -0.2) is 48.2 Å². The number of carboxylic acids is 1. The number of ether oxygens (including phenoxy) is 1. The Morgan fingerprint density at radius 1 is 1.03 bits per heavy atom. The molecule has 2 bridgehead atoms. The molecule has 4 atom stereocenters. The molecule has 0 saturated carbocycles. The Morgan fingerprint density at radius 2 is 1.77 bits per heavy atom. The fourth-order valence-corrected chi connectivity index (χ4v) is 4.37. The lowest BCUT2D eigenvalue weighted by atomic mass is 9.77. The molecule has 30 heavy (non-hydrogen) atoms. The molecule has 0 spiro atoms. The molecule has 3 N–H and O–H groups in total. The number of amides is 2. The maximum absolute atomic E-state index is 12.2. The zero-order valence-electron chi connectivity index (χ0n) is 17.1. The van der Waals surface area contributed by atoms with Crippen LogP contribution in [0.1, 0.15) is 48.9 Å². The molecule has 2 saturated heterocycles. The van der Waals surface area contributed by atoms with Gasteiger partial charge >= 0.3 is 5.97 Å². The SMILES string of the molecule is O=C(O)CCCC=CC[C@@H]1[C@H](CNC(=O)CNC(=O)c2ccccc2)[C@@H]2CC[C@H]1O2. The minimum atomic E-state index is -0.763. The minimum absolute atomic E-state index is 0.0520. The van der Waals surface area contributed by atoms with Gasteiger partial charge in [0.1, 0.15) is 0 Å². The van der Waals surface area contributed by atoms with E-state index in [1.165, 1.54) is 0 Å². The Morgan fingerprint density at radius 3 is 2.50 bits per heavy atom. The number of carbonyl (C=O) groups is 3. The van der Waals surface area contributed by atoms with Crippen LogP contribution in [0.25, 0.3) is 0 Å². The van der Waals surface area contributed by atoms with E-state index < -0.39 is 5.97 Å². The molecule has 2 amide bonds. The molecular weight excluding hydrogens is 384 g/mol. The van der Waals surface area contributed by atoms with Gasteiger partial charge in [-0.2, -0.15) is 0 Å². The van der Waals surface area contributed by atoms with Crippen LogP contribution in [-0.2, 0) is 14.3 Å². The number of hydrogen-bond acceptors (Lipinski definition) is 4. The van der Waals surface area contributed by atoms with E-state index in [1.807, 2.05) is 12.1 Å². The van der Waals surface area contributed by atoms with Crippen LogP contribution in [0.15, 0.2) is 42.5 Å². The molecule has 7 heteroatoms. The summed E-state index contributed by atoms with van der Waals surface area (Å²) in [5.41, 5.74) is 0.530. The van der Waals surface area contributed by atoms with E-state index in [0.717, 1.165) is 25.7 Å². The van der Waals surface area contributed by atoms with Crippen molar-refractivity contribution in [1.29, 1.82) is 0 Å². The first kappa shape index (κ1) is 22.0. The largest absolute Gasteiger partial charge is 0.481 e. The van der Waals surface area contributed by atoms with Gasteiger partial charge in [0.05, 0.1) is 18.8 Å². The second-order valence-electron chi connectivity index (χ2n) is 7.96. The molecule has 2 aliphatic heterocycles. The number of benzene rings is 1. The van der Waals surface area contributed by atoms with Crippen molar-refractivity contribution < 1.29 is 24.2 Å². The predicted octanol–water partition coefficient (Wildman–Crippen LogP) is 2.53. The molecule has 2 aliphatic rings. The van der Waals surface area contributed by atoms with E-state index >= 15 is 0 Å². The molecular formula is C23H30N2O5. The molecule has 7 nitrogen and oxygen atoms in total. The topological polar surface area (TPSA) is 105 Å². The summed E-state index contributed by atoms with van der Waals surface area (Å²) in [6.45, 7) is 0.488. The maximum Gasteiger partial charge on any atom is 0.303 e. The van der Waals surface area contributed by atoms with Crippen molar-refractivity contribution in [2.45, 2.75) is 50.7 Å². The van der Waals surface area contributed by atoms with E-state index in [0.29, 0.717) is 24.4 Å². The highest BCUT2D eigenvalue weighted by atomic mass is 16.5. The first-order valence-electron chi connectivity index (χ1n) is 10.7. The first-order valence-corrected chi connectivity index (χ1v) is 10.7. The number of carboxylic acid groups (broad SMARTS) is 1. The number of unbranched alkanes of at least 4 members (excludes halogenated alkanes) is 1. The second-order valence-corrected chi connectivity index (χ2v) is 7.96. The number of carbonyl (C=O) groups excluding carboxylic acids is 2. The van der Waals surface area contributed by atoms with Crippen molar-refractivity contribution in [3.05, 3.63) is 48.0 Å². The quantitative estimate of drug-likeness (QED) is 0.381. The van der Waals surface area contributed by atoms with Crippen LogP contribution in [0.5, 0.6) is 0 Å². The van der Waals surface area contributed by atoms with E-state index in [1.54, 1.807) is 24.3 Å². The van der Waals surface area contributed by atoms with E-state index in [-0.39, 0.29) is 42.9 Å². The number of fused-ring (bicyclic) bond motifs is 2. The van der Waals surface area contributed by atoms with Crippen LogP contribution in [0, 0.1) is 11.8 Å². The highest BCUT2D eigenvalue weighted by Gasteiger charge is 2.47. The molecule has 3 rings (SSSR count). The molecule has 2 heterocycles. The Labute approximate surface area is 176 Å². The molecule has 2 fully saturated rings. The van der Waals surface area contributed by atoms with Gasteiger partial charge in [-0.25, -0.2) is 0 Å². The monoisotopic (exact) mass is 414 g/mol. The Balaban J connectivity index is 1.40. The Kier molecular flexibility index (Phi) is 8.02. The van der Waals surface area contributed by atoms with Crippen molar-refractivity contribution in [2.75, 3.05) is 13.1 Å². The van der Waals surface area contributed by atoms with Crippen molar-refractivity contribution in [3.8, 4) is 0 Å². The van der Waals surface area contributed by atoms with E-state index in [4.69, 9.17) is 9.84 Å². The van der Waals surface area contributed by atoms with Gasteiger partial charge in [-0.05, 0) is 50.2 Å². The lowest BCUT2D eigenvalue weighted by Crippen LogP contribution is -2.42. The summed E-state index contributed by atoms with van der Waals surface area (Å²) in [4.78, 5) is 34.8. The molecule has 1 aromatic carbocycles. The predicted molar refractivity (Wildman–Crippen MR) is 112 cm³/mol. The van der Waals surface area contributed by atoms with Crippen LogP contribution in [0.3, 0.4) is 0 Å². The van der Waals surface area contributed by atoms with Gasteiger partial charge in [-0.3, -0.25) is 14.4 Å². The summed E-state index contributed by atoms with van der Waals surface area (Å²) in [6, 6.07) is 8.82. The summed E-state index contributed by atoms with van der Waals surface area (Å²) in [7, 11) is 0. The third-order valence-corrected chi connectivity index (χ3v) is 5.91. The maximum atomic E-state index is 12.2. The van der Waals surface area contributed by atoms with Crippen LogP contribution in [0.2, 0.25) is 0 Å². The van der Waals surface area contributed by atoms with Gasteiger partial charge in [0, 0.05) is 24.4 Å². The van der Waals surface area contributed by atoms with Gasteiger partial charge in [0.15, 0.2) is 0 Å². The van der Waals surface area contributed by atoms with Gasteiger partial charge in [-0.15, -0.1) is 0 Å². The van der Waals surface area contributed by atoms with Gasteiger partial charge in [0.2, 0.25) is 5.91 Å². The molecule has 0 aromatic heterocycles. The van der Waals surface area contributed by atoms with Crippen LogP contribution in [0.4, 0.5) is 0 Å². The molecule has 0 radical (unpaired) electrons. The summed E-state index contributed by atoms with van der Waals surface area (Å²) in [5.74, 6) is -0.606. The third kappa shape index (κ3) is 6.16. The number of aliphatic carboxylic acids is 1. The van der Waals surface area contributed by atoms with Crippen molar-refractivity contribution >= 4 is 17.8 Å². The highest BCUT2D eigenvalue weighted by molar-refractivity contribution is 5.96. The zero-order chi connectivity index (χ0) is 21.3. The summed E-state index contributed by atoms with van der Waals surface area (Å²) >= 11 is 0. The lowest BCUT2D eigenvalue weighted by Gasteiger charge is -2.27. The smallest absolute Gasteiger partial charge is 0.303 e. The number of rotatable bonds is 11. The van der Waals surface area contributed by atoms with Crippen molar-refractivity contribution in [3.63, 3.8) is 0 Å². The van der Waals surface area contributed by atoms with Crippen LogP contribution < -0.4 is 10.6 Å². The zero-order valence-corrected chi connectivity index (χ0v) is 17.1. The first-order chi connectivity index (χ1) is 14.5. The van der Waals surface area contributed by atoms with Crippen molar-refractivity contribution in [1.82, 2.24) is 10.6 Å². The Hall–Kier alpha value is -2.67. The fraction of sp³-hybridized carbons (Fsp3) is 0.522. The average Bonchev–Trinajstić information content (AvgIpc) is 3.35. The highest BCUT2D eigenvalue weighted by Crippen LogP contribution is 2.44. The third-order valence-electron chi connectivity index (χ3n) is 5.91. The normalized spacial score (nSPS) is 24.8. The molecule has 0 unspecified atom stereocenters. The number of allylic oxidation sites excluding steroid dienone is 2. The van der Waals surface area contributed by atoms with Gasteiger partial charge in [0.25, 0.3) is 5.91 Å². The molecule has 0 aliphatic carbocycles.